The van der Waals surface area contributed by atoms with Gasteiger partial charge in [0.1, 0.15) is 0 Å². The van der Waals surface area contributed by atoms with Crippen LogP contribution in [0.5, 0.6) is 0 Å². The Labute approximate surface area is 111 Å². The highest BCUT2D eigenvalue weighted by atomic mass is 14.7. The van der Waals surface area contributed by atoms with Crippen molar-refractivity contribution in [3.8, 4) is 0 Å². The number of hydrogen-bond donors (Lipinski definition) is 0. The Balaban J connectivity index is 2.34. The van der Waals surface area contributed by atoms with Crippen LogP contribution >= 0.6 is 0 Å². The second-order valence-electron chi connectivity index (χ2n) is 5.84. The zero-order chi connectivity index (χ0) is 13.0. The number of pyridine rings is 1. The number of allylic oxidation sites excluding steroid dienone is 1. The minimum atomic E-state index is 0.323. The predicted octanol–water partition coefficient (Wildman–Crippen LogP) is 4.87. The number of nitrogens with zero attached hydrogens (tertiary/aromatic N) is 1. The van der Waals surface area contributed by atoms with E-state index >= 15 is 0 Å². The quantitative estimate of drug-likeness (QED) is 0.688. The topological polar surface area (TPSA) is 12.9 Å². The molecular formula is C17H25N. The van der Waals surface area contributed by atoms with Gasteiger partial charge >= 0.3 is 0 Å². The molecule has 1 heteroatoms. The van der Waals surface area contributed by atoms with E-state index in [1.54, 1.807) is 0 Å². The van der Waals surface area contributed by atoms with Crippen LogP contribution in [-0.4, -0.2) is 4.98 Å². The van der Waals surface area contributed by atoms with Gasteiger partial charge in [-0.1, -0.05) is 25.3 Å². The molecule has 0 amide bonds. The van der Waals surface area contributed by atoms with Gasteiger partial charge < -0.3 is 0 Å². The molecule has 1 fully saturated rings. The monoisotopic (exact) mass is 243 g/mol. The summed E-state index contributed by atoms with van der Waals surface area (Å²) in [7, 11) is 0. The van der Waals surface area contributed by atoms with E-state index in [0.29, 0.717) is 5.41 Å². The first-order valence-electron chi connectivity index (χ1n) is 7.23. The van der Waals surface area contributed by atoms with Gasteiger partial charge in [0.15, 0.2) is 0 Å². The normalized spacial score (nSPS) is 18.6. The maximum Gasteiger partial charge on any atom is 0.0471 e. The lowest BCUT2D eigenvalue weighted by atomic mass is 9.68. The average molecular weight is 243 g/mol. The molecular weight excluding hydrogens is 218 g/mol. The van der Waals surface area contributed by atoms with Crippen molar-refractivity contribution in [3.63, 3.8) is 0 Å². The molecule has 0 radical (unpaired) electrons. The Morgan fingerprint density at radius 3 is 2.56 bits per heavy atom. The third-order valence-corrected chi connectivity index (χ3v) is 4.28. The second kappa shape index (κ2) is 5.69. The van der Waals surface area contributed by atoms with E-state index in [1.165, 1.54) is 49.8 Å². The molecule has 0 aliphatic heterocycles. The summed E-state index contributed by atoms with van der Waals surface area (Å²) in [4.78, 5) is 4.85. The highest BCUT2D eigenvalue weighted by molar-refractivity contribution is 5.26. The summed E-state index contributed by atoms with van der Waals surface area (Å²) in [6.07, 6.45) is 11.1. The summed E-state index contributed by atoms with van der Waals surface area (Å²) in [6.45, 7) is 8.18. The minimum absolute atomic E-state index is 0.323. The molecule has 0 N–H and O–H groups in total. The molecule has 1 heterocycles. The molecule has 0 atom stereocenters. The van der Waals surface area contributed by atoms with E-state index in [2.05, 4.69) is 38.6 Å². The van der Waals surface area contributed by atoms with Gasteiger partial charge in [-0.05, 0) is 57.2 Å². The van der Waals surface area contributed by atoms with Crippen molar-refractivity contribution in [1.82, 2.24) is 4.98 Å². The van der Waals surface area contributed by atoms with E-state index < -0.39 is 0 Å². The highest BCUT2D eigenvalue weighted by Gasteiger charge is 2.34. The van der Waals surface area contributed by atoms with Gasteiger partial charge in [0.2, 0.25) is 0 Å². The largest absolute Gasteiger partial charge is 0.258 e. The Morgan fingerprint density at radius 1 is 1.22 bits per heavy atom. The lowest BCUT2D eigenvalue weighted by Gasteiger charge is -2.37. The van der Waals surface area contributed by atoms with Crippen molar-refractivity contribution in [2.24, 2.45) is 0 Å². The van der Waals surface area contributed by atoms with Crippen LogP contribution in [0.3, 0.4) is 0 Å². The zero-order valence-corrected chi connectivity index (χ0v) is 11.8. The van der Waals surface area contributed by atoms with Crippen LogP contribution in [0, 0.1) is 13.8 Å². The molecule has 0 unspecified atom stereocenters. The maximum absolute atomic E-state index is 4.85. The molecule has 2 rings (SSSR count). The summed E-state index contributed by atoms with van der Waals surface area (Å²) in [5.41, 5.74) is 4.17. The first-order chi connectivity index (χ1) is 8.66. The number of aryl methyl sites for hydroxylation is 2. The lowest BCUT2D eigenvalue weighted by Crippen LogP contribution is -2.30. The standard InChI is InChI=1S/C17H25N/c1-4-5-9-17(10-7-6-8-11-17)16-13-14(2)12-15(3)18-16/h4,12-13H,1,5-11H2,2-3H3. The van der Waals surface area contributed by atoms with E-state index in [1.807, 2.05) is 0 Å². The summed E-state index contributed by atoms with van der Waals surface area (Å²) < 4.78 is 0. The highest BCUT2D eigenvalue weighted by Crippen LogP contribution is 2.42. The van der Waals surface area contributed by atoms with Gasteiger partial charge in [0, 0.05) is 16.8 Å². The molecule has 1 aliphatic carbocycles. The fourth-order valence-corrected chi connectivity index (χ4v) is 3.35. The molecule has 0 bridgehead atoms. The summed E-state index contributed by atoms with van der Waals surface area (Å²) in [6, 6.07) is 4.48. The van der Waals surface area contributed by atoms with E-state index in [9.17, 15) is 0 Å². The van der Waals surface area contributed by atoms with Crippen LogP contribution in [0.1, 0.15) is 61.9 Å². The Morgan fingerprint density at radius 2 is 1.94 bits per heavy atom. The molecule has 0 aromatic carbocycles. The fourth-order valence-electron chi connectivity index (χ4n) is 3.35. The van der Waals surface area contributed by atoms with Crippen LogP contribution in [0.25, 0.3) is 0 Å². The molecule has 0 spiro atoms. The van der Waals surface area contributed by atoms with Gasteiger partial charge in [0.05, 0.1) is 0 Å². The fraction of sp³-hybridized carbons (Fsp3) is 0.588. The van der Waals surface area contributed by atoms with Crippen LogP contribution < -0.4 is 0 Å². The summed E-state index contributed by atoms with van der Waals surface area (Å²) >= 11 is 0. The van der Waals surface area contributed by atoms with Crippen LogP contribution in [0.15, 0.2) is 24.8 Å². The molecule has 1 aromatic rings. The second-order valence-corrected chi connectivity index (χ2v) is 5.84. The van der Waals surface area contributed by atoms with Crippen LogP contribution in [-0.2, 0) is 5.41 Å². The van der Waals surface area contributed by atoms with Crippen molar-refractivity contribution in [3.05, 3.63) is 41.7 Å². The van der Waals surface area contributed by atoms with E-state index in [-0.39, 0.29) is 0 Å². The molecule has 98 valence electrons. The zero-order valence-electron chi connectivity index (χ0n) is 11.8. The maximum atomic E-state index is 4.85. The number of aromatic nitrogens is 1. The molecule has 1 aromatic heterocycles. The van der Waals surface area contributed by atoms with Gasteiger partial charge in [-0.15, -0.1) is 6.58 Å². The third kappa shape index (κ3) is 2.82. The Kier molecular flexibility index (Phi) is 4.21. The molecule has 1 saturated carbocycles. The minimum Gasteiger partial charge on any atom is -0.258 e. The Bertz CT molecular complexity index is 393. The van der Waals surface area contributed by atoms with Gasteiger partial charge in [-0.3, -0.25) is 4.98 Å². The van der Waals surface area contributed by atoms with Gasteiger partial charge in [-0.25, -0.2) is 0 Å². The van der Waals surface area contributed by atoms with Crippen molar-refractivity contribution >= 4 is 0 Å². The first-order valence-corrected chi connectivity index (χ1v) is 7.23. The van der Waals surface area contributed by atoms with Crippen molar-refractivity contribution in [1.29, 1.82) is 0 Å². The molecule has 1 aliphatic rings. The third-order valence-electron chi connectivity index (χ3n) is 4.28. The lowest BCUT2D eigenvalue weighted by molar-refractivity contribution is 0.268. The smallest absolute Gasteiger partial charge is 0.0471 e. The van der Waals surface area contributed by atoms with E-state index in [4.69, 9.17) is 4.98 Å². The average Bonchev–Trinajstić information content (AvgIpc) is 2.36. The van der Waals surface area contributed by atoms with E-state index in [0.717, 1.165) is 12.1 Å². The molecule has 18 heavy (non-hydrogen) atoms. The van der Waals surface area contributed by atoms with Gasteiger partial charge in [-0.2, -0.15) is 0 Å². The number of rotatable bonds is 4. The summed E-state index contributed by atoms with van der Waals surface area (Å²) in [5, 5.41) is 0. The van der Waals surface area contributed by atoms with Crippen molar-refractivity contribution in [2.45, 2.75) is 64.2 Å². The van der Waals surface area contributed by atoms with Crippen molar-refractivity contribution in [2.75, 3.05) is 0 Å². The van der Waals surface area contributed by atoms with Crippen LogP contribution in [0.4, 0.5) is 0 Å². The summed E-state index contributed by atoms with van der Waals surface area (Å²) in [5.74, 6) is 0. The predicted molar refractivity (Wildman–Crippen MR) is 77.9 cm³/mol. The Hall–Kier alpha value is -1.11. The first kappa shape index (κ1) is 13.3. The SMILES string of the molecule is C=CCCC1(c2cc(C)cc(C)n2)CCCCC1. The van der Waals surface area contributed by atoms with Crippen LogP contribution in [0.2, 0.25) is 0 Å². The van der Waals surface area contributed by atoms with Gasteiger partial charge in [0.25, 0.3) is 0 Å². The van der Waals surface area contributed by atoms with Crippen molar-refractivity contribution < 1.29 is 0 Å². The number of hydrogen-bond acceptors (Lipinski definition) is 1. The molecule has 1 nitrogen and oxygen atoms in total. The molecule has 0 saturated heterocycles.